The molecule has 4 unspecified atom stereocenters. The molecule has 1 aliphatic rings. The van der Waals surface area contributed by atoms with Gasteiger partial charge in [-0.2, -0.15) is 0 Å². The SMILES string of the molecule is CC(O)C(=[NH2+])C=Cc1ncc(-c2cc(N3CC(C)C(F)(F)C(CN[SH+](C)=O)C3)ncn2)[nH]1. The number of aliphatic hydroxyl groups is 1. The predicted molar refractivity (Wildman–Crippen MR) is 120 cm³/mol. The van der Waals surface area contributed by atoms with Crippen LogP contribution in [0.25, 0.3) is 17.5 Å². The molecule has 0 aliphatic carbocycles. The lowest BCUT2D eigenvalue weighted by molar-refractivity contribution is -0.121. The Morgan fingerprint density at radius 2 is 2.22 bits per heavy atom. The van der Waals surface area contributed by atoms with Gasteiger partial charge in [-0.15, -0.1) is 4.72 Å². The molecular weight excluding hydrogens is 440 g/mol. The maximum Gasteiger partial charge on any atom is 0.258 e. The molecule has 5 N–H and O–H groups in total. The molecule has 174 valence electrons. The summed E-state index contributed by atoms with van der Waals surface area (Å²) >= 11 is 0. The molecule has 0 aromatic carbocycles. The summed E-state index contributed by atoms with van der Waals surface area (Å²) in [5.74, 6) is -3.71. The lowest BCUT2D eigenvalue weighted by Gasteiger charge is -2.42. The van der Waals surface area contributed by atoms with E-state index in [0.717, 1.165) is 0 Å². The van der Waals surface area contributed by atoms with Crippen molar-refractivity contribution in [1.29, 1.82) is 0 Å². The first kappa shape index (κ1) is 24.1. The lowest BCUT2D eigenvalue weighted by Crippen LogP contribution is -2.55. The highest BCUT2D eigenvalue weighted by atomic mass is 32.2. The normalized spacial score (nSPS) is 22.8. The van der Waals surface area contributed by atoms with Crippen LogP contribution in [0.4, 0.5) is 14.6 Å². The van der Waals surface area contributed by atoms with Crippen LogP contribution in [0.5, 0.6) is 0 Å². The van der Waals surface area contributed by atoms with Gasteiger partial charge in [-0.1, -0.05) is 11.1 Å². The maximum absolute atomic E-state index is 14.7. The molecule has 1 aliphatic heterocycles. The fraction of sp³-hybridized carbons (Fsp3) is 0.500. The Hall–Kier alpha value is -2.57. The topological polar surface area (TPSA) is 133 Å². The third-order valence-corrected chi connectivity index (χ3v) is 6.09. The molecule has 3 rings (SSSR count). The summed E-state index contributed by atoms with van der Waals surface area (Å²) in [6, 6.07) is 1.72. The fourth-order valence-electron chi connectivity index (χ4n) is 3.48. The Morgan fingerprint density at radius 3 is 2.91 bits per heavy atom. The second kappa shape index (κ2) is 9.92. The number of piperidine rings is 1. The summed E-state index contributed by atoms with van der Waals surface area (Å²) < 4.78 is 43.4. The van der Waals surface area contributed by atoms with Crippen LogP contribution in [0.1, 0.15) is 19.7 Å². The average molecular weight is 470 g/mol. The van der Waals surface area contributed by atoms with E-state index in [1.807, 2.05) is 0 Å². The molecule has 0 saturated carbocycles. The zero-order chi connectivity index (χ0) is 23.5. The third-order valence-electron chi connectivity index (χ3n) is 5.46. The van der Waals surface area contributed by atoms with Crippen molar-refractivity contribution in [3.63, 3.8) is 0 Å². The van der Waals surface area contributed by atoms with Crippen molar-refractivity contribution in [1.82, 2.24) is 24.7 Å². The van der Waals surface area contributed by atoms with Crippen LogP contribution < -0.4 is 15.0 Å². The number of halogens is 2. The van der Waals surface area contributed by atoms with Crippen molar-refractivity contribution in [2.75, 3.05) is 30.8 Å². The van der Waals surface area contributed by atoms with E-state index < -0.39 is 34.8 Å². The van der Waals surface area contributed by atoms with Crippen molar-refractivity contribution >= 4 is 28.6 Å². The molecule has 1 saturated heterocycles. The van der Waals surface area contributed by atoms with Crippen molar-refractivity contribution < 1.29 is 23.5 Å². The zero-order valence-electron chi connectivity index (χ0n) is 18.2. The quantitative estimate of drug-likeness (QED) is 0.244. The molecule has 4 atom stereocenters. The number of anilines is 1. The van der Waals surface area contributed by atoms with Gasteiger partial charge in [-0.3, -0.25) is 5.41 Å². The highest BCUT2D eigenvalue weighted by Crippen LogP contribution is 2.39. The van der Waals surface area contributed by atoms with Gasteiger partial charge in [-0.05, 0) is 13.0 Å². The number of aliphatic hydroxyl groups excluding tert-OH is 1. The molecule has 0 bridgehead atoms. The molecule has 2 aromatic rings. The third kappa shape index (κ3) is 5.61. The van der Waals surface area contributed by atoms with Gasteiger partial charge in [0.25, 0.3) is 5.92 Å². The molecule has 32 heavy (non-hydrogen) atoms. The number of nitrogens with zero attached hydrogens (tertiary/aromatic N) is 4. The number of H-pyrrole nitrogens is 1. The molecule has 9 nitrogen and oxygen atoms in total. The number of hydrogen-bond donors (Lipinski definition) is 4. The first-order valence-electron chi connectivity index (χ1n) is 10.2. The van der Waals surface area contributed by atoms with E-state index in [9.17, 15) is 18.1 Å². The van der Waals surface area contributed by atoms with Crippen LogP contribution in [0.2, 0.25) is 0 Å². The van der Waals surface area contributed by atoms with Gasteiger partial charge in [-0.25, -0.2) is 23.7 Å². The highest BCUT2D eigenvalue weighted by molar-refractivity contribution is 7.82. The average Bonchev–Trinajstić information content (AvgIpc) is 3.22. The largest absolute Gasteiger partial charge is 0.382 e. The standard InChI is InChI=1S/C20H27F2N7O2S/c1-12-9-29(10-14(20(12,21)22)7-27-32(3)31)19-6-16(25-11-26-19)17-8-24-18(28-17)5-4-15(23)13(2)30/h4-6,8,11-14,23,30H,7,9-10H2,1-3H3,(H,24,28)(H,27,31)/p+2. The number of nitrogens with one attached hydrogen (secondary N) is 2. The predicted octanol–water partition coefficient (Wildman–Crippen LogP) is -0.00110. The summed E-state index contributed by atoms with van der Waals surface area (Å²) in [4.78, 5) is 17.7. The second-order valence-corrected chi connectivity index (χ2v) is 9.30. The van der Waals surface area contributed by atoms with Crippen LogP contribution in [0.3, 0.4) is 0 Å². The van der Waals surface area contributed by atoms with E-state index in [0.29, 0.717) is 28.7 Å². The van der Waals surface area contributed by atoms with Gasteiger partial charge < -0.3 is 15.0 Å². The van der Waals surface area contributed by atoms with Crippen LogP contribution in [0, 0.1) is 11.8 Å². The summed E-state index contributed by atoms with van der Waals surface area (Å²) in [5, 5.41) is 15.1. The van der Waals surface area contributed by atoms with Crippen LogP contribution >= 0.6 is 0 Å². The number of aromatic amines is 1. The van der Waals surface area contributed by atoms with E-state index in [1.54, 1.807) is 36.2 Å². The number of thiol groups is 1. The van der Waals surface area contributed by atoms with Crippen molar-refractivity contribution in [2.45, 2.75) is 25.9 Å². The first-order chi connectivity index (χ1) is 15.1. The minimum absolute atomic E-state index is 0.0413. The van der Waals surface area contributed by atoms with Gasteiger partial charge in [0.05, 0.1) is 30.0 Å². The van der Waals surface area contributed by atoms with Crippen molar-refractivity contribution in [3.05, 3.63) is 30.5 Å². The van der Waals surface area contributed by atoms with Gasteiger partial charge in [0.2, 0.25) is 5.71 Å². The monoisotopic (exact) mass is 469 g/mol. The molecule has 1 fully saturated rings. The zero-order valence-corrected chi connectivity index (χ0v) is 19.1. The number of hydrogen-bond acceptors (Lipinski definition) is 6. The Balaban J connectivity index is 1.78. The second-order valence-electron chi connectivity index (χ2n) is 7.99. The summed E-state index contributed by atoms with van der Waals surface area (Å²) in [5.41, 5.74) is 1.49. The number of imidazole rings is 1. The molecule has 0 spiro atoms. The Bertz CT molecular complexity index is 1010. The van der Waals surface area contributed by atoms with Crippen molar-refractivity contribution in [3.8, 4) is 11.4 Å². The van der Waals surface area contributed by atoms with Gasteiger partial charge in [0.15, 0.2) is 0 Å². The summed E-state index contributed by atoms with van der Waals surface area (Å²) in [7, 11) is -1.71. The minimum atomic E-state index is -2.87. The smallest absolute Gasteiger partial charge is 0.258 e. The van der Waals surface area contributed by atoms with Gasteiger partial charge in [0.1, 0.15) is 41.3 Å². The van der Waals surface area contributed by atoms with E-state index in [-0.39, 0.29) is 19.6 Å². The maximum atomic E-state index is 14.7. The van der Waals surface area contributed by atoms with E-state index in [1.165, 1.54) is 19.5 Å². The van der Waals surface area contributed by atoms with Gasteiger partial charge >= 0.3 is 0 Å². The summed E-state index contributed by atoms with van der Waals surface area (Å²) in [6.45, 7) is 3.26. The number of rotatable bonds is 8. The Kier molecular flexibility index (Phi) is 7.47. The number of aromatic nitrogens is 4. The highest BCUT2D eigenvalue weighted by Gasteiger charge is 2.49. The Labute approximate surface area is 187 Å². The molecule has 0 radical (unpaired) electrons. The molecular formula is C20H29F2N7O2S+2. The van der Waals surface area contributed by atoms with E-state index >= 15 is 0 Å². The minimum Gasteiger partial charge on any atom is -0.382 e. The van der Waals surface area contributed by atoms with E-state index in [2.05, 4.69) is 24.7 Å². The van der Waals surface area contributed by atoms with Crippen LogP contribution in [-0.4, -0.2) is 68.7 Å². The molecule has 0 amide bonds. The lowest BCUT2D eigenvalue weighted by atomic mass is 9.86. The molecule has 12 heteroatoms. The van der Waals surface area contributed by atoms with Gasteiger partial charge in [0, 0.05) is 31.1 Å². The van der Waals surface area contributed by atoms with Crippen molar-refractivity contribution in [2.24, 2.45) is 11.8 Å². The number of nitrogens with two attached hydrogens (primary N) is 1. The molecule has 2 aromatic heterocycles. The Morgan fingerprint density at radius 1 is 1.47 bits per heavy atom. The van der Waals surface area contributed by atoms with E-state index in [4.69, 9.17) is 5.41 Å². The molecule has 3 heterocycles. The van der Waals surface area contributed by atoms with Crippen LogP contribution in [0.15, 0.2) is 24.7 Å². The van der Waals surface area contributed by atoms with Crippen LogP contribution in [-0.2, 0) is 15.2 Å². The number of alkyl halides is 2. The summed E-state index contributed by atoms with van der Waals surface area (Å²) in [6.07, 6.45) is 6.88. The fourth-order valence-corrected chi connectivity index (χ4v) is 3.95. The first-order valence-corrected chi connectivity index (χ1v) is 11.9.